The summed E-state index contributed by atoms with van der Waals surface area (Å²) in [6.07, 6.45) is 11.5. The van der Waals surface area contributed by atoms with E-state index < -0.39 is 11.9 Å². The van der Waals surface area contributed by atoms with Gasteiger partial charge in [0.25, 0.3) is 0 Å². The van der Waals surface area contributed by atoms with Gasteiger partial charge in [0.2, 0.25) is 0 Å². The summed E-state index contributed by atoms with van der Waals surface area (Å²) >= 11 is 0. The van der Waals surface area contributed by atoms with Gasteiger partial charge in [-0.1, -0.05) is 76.5 Å². The Labute approximate surface area is 139 Å². The van der Waals surface area contributed by atoms with Crippen molar-refractivity contribution in [2.75, 3.05) is 0 Å². The molecule has 0 saturated heterocycles. The molecule has 0 bridgehead atoms. The van der Waals surface area contributed by atoms with Crippen molar-refractivity contribution in [1.82, 2.24) is 0 Å². The minimum atomic E-state index is -0.879. The fraction of sp³-hybridized carbons (Fsp3) is 0.579. The molecule has 130 valence electrons. The predicted octanol–water partition coefficient (Wildman–Crippen LogP) is 5.38. The van der Waals surface area contributed by atoms with Gasteiger partial charge in [0.05, 0.1) is 5.56 Å². The van der Waals surface area contributed by atoms with Crippen LogP contribution in [0.2, 0.25) is 0 Å². The Morgan fingerprint density at radius 3 is 1.65 bits per heavy atom. The number of carbonyl (C=O) groups is 2. The van der Waals surface area contributed by atoms with Crippen LogP contribution < -0.4 is 0 Å². The number of carboxylic acid groups (broad SMARTS) is 2. The van der Waals surface area contributed by atoms with Gasteiger partial charge in [0, 0.05) is 6.42 Å². The van der Waals surface area contributed by atoms with Crippen LogP contribution >= 0.6 is 0 Å². The number of benzene rings is 1. The molecule has 1 aromatic rings. The van der Waals surface area contributed by atoms with Crippen LogP contribution in [-0.4, -0.2) is 22.2 Å². The smallest absolute Gasteiger partial charge is 0.335 e. The number of carboxylic acids is 2. The largest absolute Gasteiger partial charge is 0.481 e. The molecule has 2 N–H and O–H groups in total. The highest BCUT2D eigenvalue weighted by Gasteiger charge is 1.97. The topological polar surface area (TPSA) is 74.6 Å². The van der Waals surface area contributed by atoms with E-state index in [1.807, 2.05) is 0 Å². The lowest BCUT2D eigenvalue weighted by Gasteiger charge is -2.00. The van der Waals surface area contributed by atoms with Gasteiger partial charge in [0.15, 0.2) is 0 Å². The van der Waals surface area contributed by atoms with Crippen LogP contribution in [0.15, 0.2) is 30.3 Å². The fourth-order valence-corrected chi connectivity index (χ4v) is 2.17. The first kappa shape index (κ1) is 21.2. The summed E-state index contributed by atoms with van der Waals surface area (Å²) in [5.74, 6) is -1.54. The Balaban J connectivity index is 0.000000459. The molecule has 0 saturated carbocycles. The Kier molecular flexibility index (Phi) is 13.9. The third kappa shape index (κ3) is 14.8. The van der Waals surface area contributed by atoms with Crippen LogP contribution in [-0.2, 0) is 4.79 Å². The van der Waals surface area contributed by atoms with Crippen molar-refractivity contribution in [3.8, 4) is 0 Å². The lowest BCUT2D eigenvalue weighted by molar-refractivity contribution is -0.137. The molecule has 0 atom stereocenters. The maximum atomic E-state index is 10.2. The number of rotatable bonds is 11. The Morgan fingerprint density at radius 1 is 0.783 bits per heavy atom. The van der Waals surface area contributed by atoms with Gasteiger partial charge in [-0.15, -0.1) is 0 Å². The molecule has 0 heterocycles. The van der Waals surface area contributed by atoms with E-state index in [2.05, 4.69) is 6.92 Å². The molecule has 0 aliphatic rings. The maximum Gasteiger partial charge on any atom is 0.335 e. The van der Waals surface area contributed by atoms with Crippen LogP contribution in [0.25, 0.3) is 0 Å². The van der Waals surface area contributed by atoms with Gasteiger partial charge in [0.1, 0.15) is 0 Å². The van der Waals surface area contributed by atoms with Crippen molar-refractivity contribution >= 4 is 11.9 Å². The predicted molar refractivity (Wildman–Crippen MR) is 92.9 cm³/mol. The highest BCUT2D eigenvalue weighted by atomic mass is 16.4. The van der Waals surface area contributed by atoms with Crippen LogP contribution in [0, 0.1) is 0 Å². The van der Waals surface area contributed by atoms with Gasteiger partial charge < -0.3 is 10.2 Å². The zero-order valence-corrected chi connectivity index (χ0v) is 14.2. The normalized spacial score (nSPS) is 9.78. The van der Waals surface area contributed by atoms with E-state index in [0.29, 0.717) is 12.0 Å². The maximum absolute atomic E-state index is 10.2. The molecule has 23 heavy (non-hydrogen) atoms. The lowest BCUT2D eigenvalue weighted by Crippen LogP contribution is -1.93. The van der Waals surface area contributed by atoms with Crippen LogP contribution in [0.1, 0.15) is 81.5 Å². The van der Waals surface area contributed by atoms with E-state index in [1.54, 1.807) is 30.3 Å². The Morgan fingerprint density at radius 2 is 1.26 bits per heavy atom. The number of unbranched alkanes of at least 4 members (excludes halogenated alkanes) is 8. The molecule has 0 fully saturated rings. The van der Waals surface area contributed by atoms with Gasteiger partial charge in [-0.3, -0.25) is 4.79 Å². The van der Waals surface area contributed by atoms with Crippen molar-refractivity contribution in [2.24, 2.45) is 0 Å². The Hall–Kier alpha value is -1.84. The molecule has 4 nitrogen and oxygen atoms in total. The van der Waals surface area contributed by atoms with Crippen LogP contribution in [0.4, 0.5) is 0 Å². The first-order valence-corrected chi connectivity index (χ1v) is 8.58. The number of aromatic carboxylic acids is 1. The SMILES string of the molecule is CCCCCCCCCCCC(=O)O.O=C(O)c1ccccc1. The van der Waals surface area contributed by atoms with Crippen molar-refractivity contribution in [1.29, 1.82) is 0 Å². The zero-order chi connectivity index (χ0) is 17.3. The number of hydrogen-bond acceptors (Lipinski definition) is 2. The van der Waals surface area contributed by atoms with Gasteiger partial charge in [-0.2, -0.15) is 0 Å². The van der Waals surface area contributed by atoms with Crippen molar-refractivity contribution in [3.63, 3.8) is 0 Å². The molecular weight excluding hydrogens is 292 g/mol. The molecule has 1 rings (SSSR count). The molecule has 0 radical (unpaired) electrons. The summed E-state index contributed by atoms with van der Waals surface area (Å²) in [5, 5.41) is 16.8. The van der Waals surface area contributed by atoms with Crippen molar-refractivity contribution in [3.05, 3.63) is 35.9 Å². The second-order valence-electron chi connectivity index (χ2n) is 5.64. The highest BCUT2D eigenvalue weighted by molar-refractivity contribution is 5.87. The first-order valence-electron chi connectivity index (χ1n) is 8.58. The molecule has 0 unspecified atom stereocenters. The van der Waals surface area contributed by atoms with E-state index in [4.69, 9.17) is 10.2 Å². The second-order valence-corrected chi connectivity index (χ2v) is 5.64. The zero-order valence-electron chi connectivity index (χ0n) is 14.2. The molecule has 0 aliphatic heterocycles. The average Bonchev–Trinajstić information content (AvgIpc) is 2.54. The van der Waals surface area contributed by atoms with Crippen LogP contribution in [0.3, 0.4) is 0 Å². The van der Waals surface area contributed by atoms with E-state index in [-0.39, 0.29) is 0 Å². The van der Waals surface area contributed by atoms with Crippen LogP contribution in [0.5, 0.6) is 0 Å². The number of aliphatic carboxylic acids is 1. The van der Waals surface area contributed by atoms with Gasteiger partial charge in [-0.05, 0) is 18.6 Å². The molecule has 4 heteroatoms. The van der Waals surface area contributed by atoms with Crippen molar-refractivity contribution < 1.29 is 19.8 Å². The summed E-state index contributed by atoms with van der Waals surface area (Å²) in [6.45, 7) is 2.23. The van der Waals surface area contributed by atoms with Gasteiger partial charge >= 0.3 is 11.9 Å². The number of hydrogen-bond donors (Lipinski definition) is 2. The lowest BCUT2D eigenvalue weighted by atomic mass is 10.1. The van der Waals surface area contributed by atoms with E-state index in [0.717, 1.165) is 12.8 Å². The molecule has 0 aromatic heterocycles. The fourth-order valence-electron chi connectivity index (χ4n) is 2.17. The summed E-state index contributed by atoms with van der Waals surface area (Å²) < 4.78 is 0. The van der Waals surface area contributed by atoms with Crippen molar-refractivity contribution in [2.45, 2.75) is 71.1 Å². The second kappa shape index (κ2) is 15.1. The monoisotopic (exact) mass is 322 g/mol. The summed E-state index contributed by atoms with van der Waals surface area (Å²) in [4.78, 5) is 20.4. The quantitative estimate of drug-likeness (QED) is 0.537. The molecule has 1 aromatic carbocycles. The molecule has 0 amide bonds. The molecular formula is C19H30O4. The third-order valence-corrected chi connectivity index (χ3v) is 3.51. The standard InChI is InChI=1S/C12H24O2.C7H6O2/c1-2-3-4-5-6-7-8-9-10-11-12(13)14;8-7(9)6-4-2-1-3-5-6/h2-11H2,1H3,(H,13,14);1-5H,(H,8,9). The average molecular weight is 322 g/mol. The summed E-state index contributed by atoms with van der Waals surface area (Å²) in [6, 6.07) is 8.30. The summed E-state index contributed by atoms with van der Waals surface area (Å²) in [7, 11) is 0. The van der Waals surface area contributed by atoms with E-state index in [1.165, 1.54) is 44.9 Å². The highest BCUT2D eigenvalue weighted by Crippen LogP contribution is 2.10. The third-order valence-electron chi connectivity index (χ3n) is 3.51. The van der Waals surface area contributed by atoms with Gasteiger partial charge in [-0.25, -0.2) is 4.79 Å². The Bertz CT molecular complexity index is 415. The molecule has 0 aliphatic carbocycles. The molecule has 0 spiro atoms. The minimum absolute atomic E-state index is 0.331. The first-order chi connectivity index (χ1) is 11.1. The van der Waals surface area contributed by atoms with E-state index in [9.17, 15) is 9.59 Å². The van der Waals surface area contributed by atoms with E-state index >= 15 is 0 Å². The minimum Gasteiger partial charge on any atom is -0.481 e. The summed E-state index contributed by atoms with van der Waals surface area (Å²) in [5.41, 5.74) is 0.331.